The van der Waals surface area contributed by atoms with Gasteiger partial charge in [-0.25, -0.2) is 0 Å². The fourth-order valence-electron chi connectivity index (χ4n) is 4.35. The molecule has 6 heteroatoms. The molecule has 0 N–H and O–H groups in total. The number of nitrogens with zero attached hydrogens (tertiary/aromatic N) is 3. The molecule has 0 amide bonds. The minimum atomic E-state index is -0.279. The van der Waals surface area contributed by atoms with Crippen molar-refractivity contribution in [3.8, 4) is 5.88 Å². The van der Waals surface area contributed by atoms with Crippen LogP contribution in [0, 0.1) is 0 Å². The van der Waals surface area contributed by atoms with E-state index in [0.29, 0.717) is 11.9 Å². The second kappa shape index (κ2) is 7.13. The number of morpholine rings is 2. The quantitative estimate of drug-likeness (QED) is 0.808. The molecule has 1 aromatic heterocycles. The molecule has 1 atom stereocenters. The largest absolute Gasteiger partial charge is 0.472 e. The lowest BCUT2D eigenvalue weighted by Gasteiger charge is -2.53. The van der Waals surface area contributed by atoms with Crippen LogP contribution >= 0.6 is 0 Å². The number of aromatic nitrogens is 1. The Labute approximate surface area is 162 Å². The maximum absolute atomic E-state index is 6.19. The maximum atomic E-state index is 6.19. The van der Waals surface area contributed by atoms with Gasteiger partial charge < -0.3 is 24.0 Å². The molecule has 1 saturated carbocycles. The third kappa shape index (κ3) is 3.87. The SMILES string of the molecule is C[C@@H]1COCCN1c1cc(OC(C)(C)C)nc(N2CCOCC23CCC3)c1. The zero-order chi connectivity index (χ0) is 19.1. The molecular formula is C21H33N3O3. The Morgan fingerprint density at radius 1 is 1.15 bits per heavy atom. The Morgan fingerprint density at radius 2 is 1.93 bits per heavy atom. The third-order valence-corrected chi connectivity index (χ3v) is 5.85. The highest BCUT2D eigenvalue weighted by Crippen LogP contribution is 2.43. The Morgan fingerprint density at radius 3 is 2.59 bits per heavy atom. The van der Waals surface area contributed by atoms with Gasteiger partial charge in [0.05, 0.1) is 32.0 Å². The second-order valence-corrected chi connectivity index (χ2v) is 9.14. The van der Waals surface area contributed by atoms with Crippen LogP contribution in [0.2, 0.25) is 0 Å². The molecule has 0 bridgehead atoms. The average molecular weight is 376 g/mol. The van der Waals surface area contributed by atoms with Crippen molar-refractivity contribution < 1.29 is 14.2 Å². The van der Waals surface area contributed by atoms with E-state index in [1.807, 2.05) is 0 Å². The molecule has 0 radical (unpaired) electrons. The number of hydrogen-bond acceptors (Lipinski definition) is 6. The van der Waals surface area contributed by atoms with Gasteiger partial charge in [0.15, 0.2) is 0 Å². The van der Waals surface area contributed by atoms with Crippen LogP contribution in [-0.4, -0.2) is 61.7 Å². The summed E-state index contributed by atoms with van der Waals surface area (Å²) in [6.45, 7) is 13.3. The molecule has 2 aliphatic heterocycles. The zero-order valence-electron chi connectivity index (χ0n) is 17.2. The lowest BCUT2D eigenvalue weighted by atomic mass is 9.75. The smallest absolute Gasteiger partial charge is 0.217 e. The molecule has 3 heterocycles. The van der Waals surface area contributed by atoms with E-state index < -0.39 is 0 Å². The van der Waals surface area contributed by atoms with Crippen LogP contribution in [0.1, 0.15) is 47.0 Å². The molecule has 3 aliphatic rings. The molecule has 1 aliphatic carbocycles. The van der Waals surface area contributed by atoms with Crippen molar-refractivity contribution in [1.29, 1.82) is 0 Å². The van der Waals surface area contributed by atoms with E-state index in [9.17, 15) is 0 Å². The molecule has 150 valence electrons. The highest BCUT2D eigenvalue weighted by Gasteiger charge is 2.45. The Bertz CT molecular complexity index is 669. The predicted octanol–water partition coefficient (Wildman–Crippen LogP) is 3.24. The van der Waals surface area contributed by atoms with Gasteiger partial charge in [0.2, 0.25) is 5.88 Å². The summed E-state index contributed by atoms with van der Waals surface area (Å²) in [5.74, 6) is 1.73. The first-order chi connectivity index (χ1) is 12.9. The number of rotatable bonds is 3. The summed E-state index contributed by atoms with van der Waals surface area (Å²) in [7, 11) is 0. The van der Waals surface area contributed by atoms with Gasteiger partial charge in [0.25, 0.3) is 0 Å². The maximum Gasteiger partial charge on any atom is 0.217 e. The highest BCUT2D eigenvalue weighted by molar-refractivity contribution is 5.60. The van der Waals surface area contributed by atoms with Crippen LogP contribution < -0.4 is 14.5 Å². The summed E-state index contributed by atoms with van der Waals surface area (Å²) in [4.78, 5) is 9.82. The number of hydrogen-bond donors (Lipinski definition) is 0. The third-order valence-electron chi connectivity index (χ3n) is 5.85. The lowest BCUT2D eigenvalue weighted by molar-refractivity contribution is 0.0127. The topological polar surface area (TPSA) is 47.1 Å². The van der Waals surface area contributed by atoms with Gasteiger partial charge in [-0.1, -0.05) is 0 Å². The first-order valence-corrected chi connectivity index (χ1v) is 10.3. The van der Waals surface area contributed by atoms with E-state index in [1.54, 1.807) is 0 Å². The second-order valence-electron chi connectivity index (χ2n) is 9.14. The Hall–Kier alpha value is -1.53. The van der Waals surface area contributed by atoms with Gasteiger partial charge in [0, 0.05) is 37.0 Å². The van der Waals surface area contributed by atoms with Gasteiger partial charge in [-0.05, 0) is 47.0 Å². The predicted molar refractivity (Wildman–Crippen MR) is 107 cm³/mol. The van der Waals surface area contributed by atoms with Crippen LogP contribution in [-0.2, 0) is 9.47 Å². The van der Waals surface area contributed by atoms with Gasteiger partial charge >= 0.3 is 0 Å². The van der Waals surface area contributed by atoms with Crippen molar-refractivity contribution in [2.75, 3.05) is 49.3 Å². The molecule has 0 unspecified atom stereocenters. The van der Waals surface area contributed by atoms with Crippen molar-refractivity contribution in [2.45, 2.75) is 64.1 Å². The summed E-state index contributed by atoms with van der Waals surface area (Å²) in [5, 5.41) is 0. The van der Waals surface area contributed by atoms with E-state index in [1.165, 1.54) is 24.9 Å². The summed E-state index contributed by atoms with van der Waals surface area (Å²) >= 11 is 0. The average Bonchev–Trinajstić information content (AvgIpc) is 2.59. The molecule has 6 nitrogen and oxygen atoms in total. The number of anilines is 2. The summed E-state index contributed by atoms with van der Waals surface area (Å²) < 4.78 is 17.7. The zero-order valence-corrected chi connectivity index (χ0v) is 17.2. The minimum absolute atomic E-state index is 0.125. The molecule has 4 rings (SSSR count). The summed E-state index contributed by atoms with van der Waals surface area (Å²) in [6.07, 6.45) is 3.63. The molecule has 1 aromatic rings. The van der Waals surface area contributed by atoms with Crippen LogP contribution in [0.25, 0.3) is 0 Å². The van der Waals surface area contributed by atoms with Crippen LogP contribution in [0.3, 0.4) is 0 Å². The Balaban J connectivity index is 1.71. The van der Waals surface area contributed by atoms with E-state index >= 15 is 0 Å². The summed E-state index contributed by atoms with van der Waals surface area (Å²) in [5.41, 5.74) is 1.02. The molecular weight excluding hydrogens is 342 g/mol. The van der Waals surface area contributed by atoms with E-state index in [4.69, 9.17) is 19.2 Å². The van der Waals surface area contributed by atoms with Crippen molar-refractivity contribution in [1.82, 2.24) is 4.98 Å². The lowest BCUT2D eigenvalue weighted by Crippen LogP contribution is -2.61. The first kappa shape index (κ1) is 18.8. The van der Waals surface area contributed by atoms with E-state index in [-0.39, 0.29) is 11.1 Å². The first-order valence-electron chi connectivity index (χ1n) is 10.3. The van der Waals surface area contributed by atoms with Crippen molar-refractivity contribution in [2.24, 2.45) is 0 Å². The Kier molecular flexibility index (Phi) is 4.97. The van der Waals surface area contributed by atoms with Crippen LogP contribution in [0.5, 0.6) is 5.88 Å². The molecule has 3 fully saturated rings. The minimum Gasteiger partial charge on any atom is -0.472 e. The van der Waals surface area contributed by atoms with Crippen LogP contribution in [0.15, 0.2) is 12.1 Å². The van der Waals surface area contributed by atoms with Gasteiger partial charge in [-0.3, -0.25) is 0 Å². The van der Waals surface area contributed by atoms with Gasteiger partial charge in [-0.15, -0.1) is 0 Å². The molecule has 0 aromatic carbocycles. The standard InChI is InChI=1S/C21H33N3O3/c1-16-14-25-10-8-23(16)17-12-18(22-19(13-17)27-20(2,3)4)24-9-11-26-15-21(24)6-5-7-21/h12-13,16H,5-11,14-15H2,1-4H3/t16-/m1/s1. The van der Waals surface area contributed by atoms with E-state index in [0.717, 1.165) is 45.3 Å². The van der Waals surface area contributed by atoms with Gasteiger partial charge in [-0.2, -0.15) is 4.98 Å². The molecule has 27 heavy (non-hydrogen) atoms. The van der Waals surface area contributed by atoms with Crippen molar-refractivity contribution in [3.05, 3.63) is 12.1 Å². The van der Waals surface area contributed by atoms with E-state index in [2.05, 4.69) is 49.6 Å². The van der Waals surface area contributed by atoms with Crippen molar-refractivity contribution in [3.63, 3.8) is 0 Å². The highest BCUT2D eigenvalue weighted by atomic mass is 16.5. The number of pyridine rings is 1. The molecule has 2 saturated heterocycles. The summed E-state index contributed by atoms with van der Waals surface area (Å²) in [6, 6.07) is 4.67. The fraction of sp³-hybridized carbons (Fsp3) is 0.762. The van der Waals surface area contributed by atoms with Crippen LogP contribution in [0.4, 0.5) is 11.5 Å². The van der Waals surface area contributed by atoms with Gasteiger partial charge in [0.1, 0.15) is 11.4 Å². The molecule has 1 spiro atoms. The monoisotopic (exact) mass is 375 g/mol. The normalized spacial score (nSPS) is 25.4. The number of ether oxygens (including phenoxy) is 3. The van der Waals surface area contributed by atoms with Crippen molar-refractivity contribution >= 4 is 11.5 Å². The fourth-order valence-corrected chi connectivity index (χ4v) is 4.35.